The Kier molecular flexibility index (Phi) is 12.5. The number of Topliss-reactive ketones (excluding diaryl/α,β-unsaturated/α-hetero) is 1. The molecule has 0 radical (unpaired) electrons. The molecule has 0 spiro atoms. The molecule has 0 saturated carbocycles. The molecule has 2 aromatic carbocycles. The van der Waals surface area contributed by atoms with E-state index in [-0.39, 0.29) is 58.0 Å². The van der Waals surface area contributed by atoms with Crippen LogP contribution in [0.4, 0.5) is 11.6 Å². The van der Waals surface area contributed by atoms with Crippen LogP contribution in [0, 0.1) is 5.92 Å². The van der Waals surface area contributed by atoms with Crippen LogP contribution < -0.4 is 39.6 Å². The molecule has 0 N–H and O–H groups in total. The summed E-state index contributed by atoms with van der Waals surface area (Å²) in [6.45, 7) is 4.70. The zero-order valence-electron chi connectivity index (χ0n) is 21.0. The van der Waals surface area contributed by atoms with E-state index >= 15 is 0 Å². The van der Waals surface area contributed by atoms with E-state index in [1.54, 1.807) is 42.7 Å². The Hall–Kier alpha value is -2.48. The minimum absolute atomic E-state index is 0. The van der Waals surface area contributed by atoms with Gasteiger partial charge in [-0.1, -0.05) is 65.2 Å². The minimum atomic E-state index is -1.30. The van der Waals surface area contributed by atoms with Crippen LogP contribution in [-0.2, 0) is 4.79 Å². The number of nitrogens with zero attached hydrogens (tertiary/aromatic N) is 3. The zero-order chi connectivity index (χ0) is 26.1. The summed E-state index contributed by atoms with van der Waals surface area (Å²) in [5.41, 5.74) is 3.12. The molecule has 6 nitrogen and oxygen atoms in total. The summed E-state index contributed by atoms with van der Waals surface area (Å²) in [7, 11) is 0. The first kappa shape index (κ1) is 30.7. The summed E-state index contributed by atoms with van der Waals surface area (Å²) in [6, 6.07) is 14.2. The number of carboxylic acid groups (broad SMARTS) is 1. The number of hydrogen-bond donors (Lipinski definition) is 0. The van der Waals surface area contributed by atoms with E-state index in [1.165, 1.54) is 5.57 Å². The van der Waals surface area contributed by atoms with E-state index in [9.17, 15) is 14.7 Å². The van der Waals surface area contributed by atoms with Gasteiger partial charge in [-0.25, -0.2) is 9.97 Å². The van der Waals surface area contributed by atoms with Crippen molar-refractivity contribution in [2.45, 2.75) is 26.7 Å². The second-order valence-corrected chi connectivity index (χ2v) is 9.22. The number of benzene rings is 2. The van der Waals surface area contributed by atoms with E-state index in [0.29, 0.717) is 12.5 Å². The van der Waals surface area contributed by atoms with Gasteiger partial charge in [-0.05, 0) is 56.2 Å². The molecule has 1 atom stereocenters. The largest absolute Gasteiger partial charge is 1.00 e. The van der Waals surface area contributed by atoms with Crippen LogP contribution in [0.1, 0.15) is 42.6 Å². The van der Waals surface area contributed by atoms with Crippen LogP contribution in [0.3, 0.4) is 0 Å². The van der Waals surface area contributed by atoms with Gasteiger partial charge in [0.25, 0.3) is 0 Å². The minimum Gasteiger partial charge on any atom is -0.550 e. The maximum absolute atomic E-state index is 12.6. The molecule has 0 aliphatic heterocycles. The SMILES string of the molecule is CC(C)=CCN(c1ccc(/C=C/CC(CC(=O)c2c(Cl)cccc2Cl)C(=O)[O-])cc1)c1ncccn1.[Na+]. The van der Waals surface area contributed by atoms with Crippen molar-refractivity contribution in [3.05, 3.63) is 99.8 Å². The number of ketones is 1. The van der Waals surface area contributed by atoms with Crippen LogP contribution >= 0.6 is 23.2 Å². The number of aliphatic carboxylic acids is 1. The van der Waals surface area contributed by atoms with Gasteiger partial charge in [-0.15, -0.1) is 0 Å². The predicted molar refractivity (Wildman–Crippen MR) is 142 cm³/mol. The summed E-state index contributed by atoms with van der Waals surface area (Å²) in [5, 5.41) is 12.0. The van der Waals surface area contributed by atoms with Crippen molar-refractivity contribution in [3.8, 4) is 0 Å². The first-order valence-corrected chi connectivity index (χ1v) is 12.1. The molecule has 0 saturated heterocycles. The fourth-order valence-corrected chi connectivity index (χ4v) is 4.10. The fourth-order valence-electron chi connectivity index (χ4n) is 3.49. The predicted octanol–water partition coefficient (Wildman–Crippen LogP) is 2.93. The molecule has 0 bridgehead atoms. The molecule has 0 amide bonds. The Morgan fingerprint density at radius 2 is 1.62 bits per heavy atom. The van der Waals surface area contributed by atoms with Gasteiger partial charge >= 0.3 is 29.6 Å². The maximum atomic E-state index is 12.6. The van der Waals surface area contributed by atoms with E-state index in [2.05, 4.69) is 16.0 Å². The first-order chi connectivity index (χ1) is 17.3. The number of carbonyl (C=O) groups is 2. The molecule has 0 aliphatic carbocycles. The molecule has 9 heteroatoms. The number of halogens is 2. The Bertz CT molecular complexity index is 1240. The van der Waals surface area contributed by atoms with Crippen molar-refractivity contribution in [2.24, 2.45) is 5.92 Å². The van der Waals surface area contributed by atoms with Crippen molar-refractivity contribution >= 4 is 52.7 Å². The molecule has 1 aromatic heterocycles. The third kappa shape index (κ3) is 9.09. The van der Waals surface area contributed by atoms with Crippen LogP contribution in [0.15, 0.2) is 78.6 Å². The molecule has 37 heavy (non-hydrogen) atoms. The molecule has 3 aromatic rings. The average Bonchev–Trinajstić information content (AvgIpc) is 2.84. The van der Waals surface area contributed by atoms with Crippen molar-refractivity contribution in [2.75, 3.05) is 11.4 Å². The maximum Gasteiger partial charge on any atom is 1.00 e. The van der Waals surface area contributed by atoms with Gasteiger partial charge in [0.2, 0.25) is 5.95 Å². The van der Waals surface area contributed by atoms with E-state index in [4.69, 9.17) is 23.2 Å². The van der Waals surface area contributed by atoms with Gasteiger partial charge in [0.15, 0.2) is 5.78 Å². The third-order valence-corrected chi connectivity index (χ3v) is 6.05. The topological polar surface area (TPSA) is 86.2 Å². The fraction of sp³-hybridized carbons (Fsp3) is 0.214. The van der Waals surface area contributed by atoms with Crippen LogP contribution in [0.25, 0.3) is 6.08 Å². The molecule has 186 valence electrons. The van der Waals surface area contributed by atoms with Crippen molar-refractivity contribution < 1.29 is 44.3 Å². The molecule has 0 fully saturated rings. The van der Waals surface area contributed by atoms with Crippen LogP contribution in [0.5, 0.6) is 0 Å². The smallest absolute Gasteiger partial charge is 0.550 e. The molecular formula is C28H26Cl2N3NaO3. The zero-order valence-corrected chi connectivity index (χ0v) is 24.5. The van der Waals surface area contributed by atoms with Crippen molar-refractivity contribution in [1.29, 1.82) is 0 Å². The van der Waals surface area contributed by atoms with E-state index in [0.717, 1.165) is 11.3 Å². The number of carboxylic acids is 1. The molecule has 1 unspecified atom stereocenters. The van der Waals surface area contributed by atoms with Crippen LogP contribution in [-0.4, -0.2) is 28.3 Å². The third-order valence-electron chi connectivity index (χ3n) is 5.42. The van der Waals surface area contributed by atoms with E-state index in [1.807, 2.05) is 49.1 Å². The summed E-state index contributed by atoms with van der Waals surface area (Å²) in [4.78, 5) is 35.0. The van der Waals surface area contributed by atoms with E-state index < -0.39 is 17.7 Å². The van der Waals surface area contributed by atoms with Crippen LogP contribution in [0.2, 0.25) is 10.0 Å². The Morgan fingerprint density at radius 1 is 1.00 bits per heavy atom. The first-order valence-electron chi connectivity index (χ1n) is 11.4. The molecular weight excluding hydrogens is 520 g/mol. The normalized spacial score (nSPS) is 11.5. The molecule has 0 aliphatic rings. The second kappa shape index (κ2) is 15.1. The monoisotopic (exact) mass is 545 g/mol. The summed E-state index contributed by atoms with van der Waals surface area (Å²) >= 11 is 12.2. The van der Waals surface area contributed by atoms with Gasteiger partial charge in [0, 0.05) is 42.9 Å². The number of allylic oxidation sites excluding steroid dienone is 2. The average molecular weight is 546 g/mol. The number of aromatic nitrogens is 2. The Morgan fingerprint density at radius 3 is 2.19 bits per heavy atom. The Balaban J connectivity index is 0.00000481. The second-order valence-electron chi connectivity index (χ2n) is 8.41. The number of rotatable bonds is 11. The summed E-state index contributed by atoms with van der Waals surface area (Å²) in [6.07, 6.45) is 8.90. The van der Waals surface area contributed by atoms with Gasteiger partial charge < -0.3 is 14.8 Å². The van der Waals surface area contributed by atoms with Crippen molar-refractivity contribution in [1.82, 2.24) is 9.97 Å². The van der Waals surface area contributed by atoms with Gasteiger partial charge in [-0.3, -0.25) is 4.79 Å². The van der Waals surface area contributed by atoms with Crippen molar-refractivity contribution in [3.63, 3.8) is 0 Å². The van der Waals surface area contributed by atoms with Gasteiger partial charge in [0.1, 0.15) is 0 Å². The number of anilines is 2. The molecule has 1 heterocycles. The van der Waals surface area contributed by atoms with Gasteiger partial charge in [0.05, 0.1) is 15.6 Å². The number of hydrogen-bond acceptors (Lipinski definition) is 6. The summed E-state index contributed by atoms with van der Waals surface area (Å²) < 4.78 is 0. The standard InChI is InChI=1S/C28H27Cl2N3O3.Na/c1-19(2)14-17-33(28-31-15-5-16-32-28)22-12-10-20(11-13-22)6-3-7-21(27(35)36)18-25(34)26-23(29)8-4-9-24(26)30;/h3-6,8-16,21H,7,17-18H2,1-2H3,(H,35,36);/q;+1/p-1/b6-3+;. The quantitative estimate of drug-likeness (QED) is 0.209. The summed E-state index contributed by atoms with van der Waals surface area (Å²) in [5.74, 6) is -2.14. The van der Waals surface area contributed by atoms with Gasteiger partial charge in [-0.2, -0.15) is 0 Å². The Labute approximate surface area is 249 Å². The molecule has 3 rings (SSSR count). The number of carbonyl (C=O) groups excluding carboxylic acids is 2.